The average Bonchev–Trinajstić information content (AvgIpc) is 2.40. The van der Waals surface area contributed by atoms with E-state index in [9.17, 15) is 9.59 Å². The molecular formula is C13H23N3O2. The fourth-order valence-electron chi connectivity index (χ4n) is 2.76. The number of carbonyl (C=O) groups is 2. The second kappa shape index (κ2) is 6.18. The van der Waals surface area contributed by atoms with Crippen LogP contribution in [0.3, 0.4) is 0 Å². The van der Waals surface area contributed by atoms with Crippen LogP contribution in [0, 0.1) is 5.92 Å². The Morgan fingerprint density at radius 1 is 1.33 bits per heavy atom. The summed E-state index contributed by atoms with van der Waals surface area (Å²) in [7, 11) is 0. The molecule has 102 valence electrons. The van der Waals surface area contributed by atoms with E-state index in [1.54, 1.807) is 11.8 Å². The van der Waals surface area contributed by atoms with E-state index in [2.05, 4.69) is 10.6 Å². The highest BCUT2D eigenvalue weighted by Gasteiger charge is 2.29. The van der Waals surface area contributed by atoms with Crippen LogP contribution in [-0.2, 0) is 9.59 Å². The molecule has 2 rings (SSSR count). The van der Waals surface area contributed by atoms with Crippen molar-refractivity contribution >= 4 is 11.8 Å². The molecule has 5 heteroatoms. The van der Waals surface area contributed by atoms with Crippen molar-refractivity contribution < 1.29 is 9.59 Å². The van der Waals surface area contributed by atoms with Crippen molar-refractivity contribution in [2.24, 2.45) is 5.92 Å². The van der Waals surface area contributed by atoms with Crippen LogP contribution in [0.2, 0.25) is 0 Å². The van der Waals surface area contributed by atoms with Gasteiger partial charge >= 0.3 is 0 Å². The molecule has 0 saturated carbocycles. The number of nitrogens with one attached hydrogen (secondary N) is 2. The molecule has 2 amide bonds. The number of carbonyl (C=O) groups excluding carboxylic acids is 2. The third kappa shape index (κ3) is 3.22. The summed E-state index contributed by atoms with van der Waals surface area (Å²) in [6, 6.07) is -0.306. The highest BCUT2D eigenvalue weighted by molar-refractivity contribution is 5.88. The first-order valence-electron chi connectivity index (χ1n) is 6.96. The van der Waals surface area contributed by atoms with Crippen molar-refractivity contribution in [3.8, 4) is 0 Å². The maximum atomic E-state index is 12.1. The van der Waals surface area contributed by atoms with Crippen molar-refractivity contribution in [1.29, 1.82) is 0 Å². The second-order valence-corrected chi connectivity index (χ2v) is 5.29. The molecule has 2 N–H and O–H groups in total. The van der Waals surface area contributed by atoms with Gasteiger partial charge in [0.2, 0.25) is 11.8 Å². The maximum Gasteiger partial charge on any atom is 0.242 e. The van der Waals surface area contributed by atoms with E-state index in [4.69, 9.17) is 0 Å². The first-order valence-corrected chi connectivity index (χ1v) is 6.96. The fourth-order valence-corrected chi connectivity index (χ4v) is 2.76. The number of hydrogen-bond acceptors (Lipinski definition) is 3. The SMILES string of the molecule is C[C@@H]1C(=O)NCCN1C(=O)CCC1CCNCC1. The lowest BCUT2D eigenvalue weighted by molar-refractivity contribution is -0.142. The monoisotopic (exact) mass is 253 g/mol. The summed E-state index contributed by atoms with van der Waals surface area (Å²) in [5, 5.41) is 6.11. The zero-order chi connectivity index (χ0) is 13.0. The molecular weight excluding hydrogens is 230 g/mol. The van der Waals surface area contributed by atoms with Crippen LogP contribution >= 0.6 is 0 Å². The molecule has 1 atom stereocenters. The van der Waals surface area contributed by atoms with Crippen molar-refractivity contribution in [3.63, 3.8) is 0 Å². The Kier molecular flexibility index (Phi) is 4.58. The summed E-state index contributed by atoms with van der Waals surface area (Å²) < 4.78 is 0. The summed E-state index contributed by atoms with van der Waals surface area (Å²) in [6.45, 7) is 5.18. The van der Waals surface area contributed by atoms with Gasteiger partial charge in [0.15, 0.2) is 0 Å². The number of rotatable bonds is 3. The van der Waals surface area contributed by atoms with Gasteiger partial charge in [0.25, 0.3) is 0 Å². The third-order valence-electron chi connectivity index (χ3n) is 4.04. The van der Waals surface area contributed by atoms with Gasteiger partial charge in [-0.1, -0.05) is 0 Å². The van der Waals surface area contributed by atoms with Gasteiger partial charge in [0.1, 0.15) is 6.04 Å². The molecule has 2 aliphatic heterocycles. The zero-order valence-corrected chi connectivity index (χ0v) is 11.1. The number of piperazine rings is 1. The van der Waals surface area contributed by atoms with Gasteiger partial charge in [-0.15, -0.1) is 0 Å². The molecule has 0 spiro atoms. The molecule has 2 fully saturated rings. The average molecular weight is 253 g/mol. The van der Waals surface area contributed by atoms with Gasteiger partial charge in [-0.05, 0) is 45.2 Å². The summed E-state index contributed by atoms with van der Waals surface area (Å²) in [5.41, 5.74) is 0. The van der Waals surface area contributed by atoms with E-state index >= 15 is 0 Å². The molecule has 0 unspecified atom stereocenters. The topological polar surface area (TPSA) is 61.4 Å². The van der Waals surface area contributed by atoms with Gasteiger partial charge in [-0.2, -0.15) is 0 Å². The Morgan fingerprint density at radius 3 is 2.78 bits per heavy atom. The molecule has 0 bridgehead atoms. The molecule has 0 aliphatic carbocycles. The van der Waals surface area contributed by atoms with Crippen molar-refractivity contribution in [2.75, 3.05) is 26.2 Å². The predicted molar refractivity (Wildman–Crippen MR) is 69.0 cm³/mol. The van der Waals surface area contributed by atoms with Crippen LogP contribution in [0.15, 0.2) is 0 Å². The molecule has 0 aromatic rings. The highest BCUT2D eigenvalue weighted by Crippen LogP contribution is 2.19. The Labute approximate surface area is 108 Å². The first-order chi connectivity index (χ1) is 8.68. The minimum Gasteiger partial charge on any atom is -0.353 e. The van der Waals surface area contributed by atoms with Crippen molar-refractivity contribution in [3.05, 3.63) is 0 Å². The van der Waals surface area contributed by atoms with Crippen LogP contribution in [-0.4, -0.2) is 48.9 Å². The van der Waals surface area contributed by atoms with E-state index in [0.29, 0.717) is 25.4 Å². The highest BCUT2D eigenvalue weighted by atomic mass is 16.2. The number of nitrogens with zero attached hydrogens (tertiary/aromatic N) is 1. The number of amides is 2. The van der Waals surface area contributed by atoms with E-state index in [-0.39, 0.29) is 17.9 Å². The third-order valence-corrected chi connectivity index (χ3v) is 4.04. The van der Waals surface area contributed by atoms with Gasteiger partial charge in [0, 0.05) is 19.5 Å². The predicted octanol–water partition coefficient (Wildman–Crippen LogP) is 0.113. The Bertz CT molecular complexity index is 313. The second-order valence-electron chi connectivity index (χ2n) is 5.29. The zero-order valence-electron chi connectivity index (χ0n) is 11.1. The minimum absolute atomic E-state index is 0.0310. The number of piperidine rings is 1. The van der Waals surface area contributed by atoms with Crippen LogP contribution < -0.4 is 10.6 Å². The smallest absolute Gasteiger partial charge is 0.242 e. The standard InChI is InChI=1S/C13H23N3O2/c1-10-13(18)15-8-9-16(10)12(17)3-2-11-4-6-14-7-5-11/h10-11,14H,2-9H2,1H3,(H,15,18)/t10-/m1/s1. The lowest BCUT2D eigenvalue weighted by Crippen LogP contribution is -2.55. The van der Waals surface area contributed by atoms with Crippen LogP contribution in [0.25, 0.3) is 0 Å². The summed E-state index contributed by atoms with van der Waals surface area (Å²) in [6.07, 6.45) is 3.89. The number of hydrogen-bond donors (Lipinski definition) is 2. The molecule has 2 saturated heterocycles. The molecule has 0 radical (unpaired) electrons. The largest absolute Gasteiger partial charge is 0.353 e. The fraction of sp³-hybridized carbons (Fsp3) is 0.846. The Hall–Kier alpha value is -1.10. The van der Waals surface area contributed by atoms with Crippen LogP contribution in [0.5, 0.6) is 0 Å². The normalized spacial score (nSPS) is 25.9. The van der Waals surface area contributed by atoms with Crippen molar-refractivity contribution in [2.45, 2.75) is 38.6 Å². The summed E-state index contributed by atoms with van der Waals surface area (Å²) >= 11 is 0. The molecule has 0 aromatic heterocycles. The van der Waals surface area contributed by atoms with Gasteiger partial charge < -0.3 is 15.5 Å². The first kappa shape index (κ1) is 13.3. The van der Waals surface area contributed by atoms with E-state index in [0.717, 1.165) is 19.5 Å². The summed E-state index contributed by atoms with van der Waals surface area (Å²) in [4.78, 5) is 25.4. The molecule has 5 nitrogen and oxygen atoms in total. The van der Waals surface area contributed by atoms with E-state index < -0.39 is 0 Å². The minimum atomic E-state index is -0.306. The Balaban J connectivity index is 1.78. The molecule has 2 aliphatic rings. The van der Waals surface area contributed by atoms with Gasteiger partial charge in [-0.3, -0.25) is 9.59 Å². The lowest BCUT2D eigenvalue weighted by atomic mass is 9.93. The van der Waals surface area contributed by atoms with Gasteiger partial charge in [-0.25, -0.2) is 0 Å². The van der Waals surface area contributed by atoms with Crippen LogP contribution in [0.1, 0.15) is 32.6 Å². The van der Waals surface area contributed by atoms with E-state index in [1.165, 1.54) is 12.8 Å². The van der Waals surface area contributed by atoms with Crippen LogP contribution in [0.4, 0.5) is 0 Å². The summed E-state index contributed by atoms with van der Waals surface area (Å²) in [5.74, 6) is 0.775. The lowest BCUT2D eigenvalue weighted by Gasteiger charge is -2.33. The Morgan fingerprint density at radius 2 is 2.06 bits per heavy atom. The molecule has 2 heterocycles. The molecule has 18 heavy (non-hydrogen) atoms. The quantitative estimate of drug-likeness (QED) is 0.750. The van der Waals surface area contributed by atoms with Gasteiger partial charge in [0.05, 0.1) is 0 Å². The van der Waals surface area contributed by atoms with E-state index in [1.807, 2.05) is 0 Å². The molecule has 0 aromatic carbocycles. The van der Waals surface area contributed by atoms with Crippen molar-refractivity contribution in [1.82, 2.24) is 15.5 Å². The maximum absolute atomic E-state index is 12.1.